The van der Waals surface area contributed by atoms with Crippen molar-refractivity contribution in [3.05, 3.63) is 0 Å². The Bertz CT molecular complexity index is 736. The Hall–Kier alpha value is -2.49. The van der Waals surface area contributed by atoms with Crippen molar-refractivity contribution in [2.45, 2.75) is 106 Å². The van der Waals surface area contributed by atoms with Gasteiger partial charge in [0.2, 0.25) is 29.5 Å². The highest BCUT2D eigenvalue weighted by molar-refractivity contribution is 5.97. The maximum Gasteiger partial charge on any atom is 0.245 e. The van der Waals surface area contributed by atoms with E-state index in [1.165, 1.54) is 0 Å². The maximum absolute atomic E-state index is 13.0. The number of aliphatic hydroxyl groups is 1. The molecular formula is C26H48N4O6. The van der Waals surface area contributed by atoms with Gasteiger partial charge in [-0.25, -0.2) is 0 Å². The second kappa shape index (κ2) is 17.1. The Balaban J connectivity index is 4.97. The Kier molecular flexibility index (Phi) is 15.9. The standard InChI is InChI=1S/C26H48N4O6/c1-15(2)9-10-21(32)29-24(35)14-27-22(33)13-20(31)19(11-16(3)4)28-26(36)25(18(7)8)30-23(34)12-17(5)6/h15-20,25,31H,9-14H2,1-8H3,(H,27,33)(H,28,36)(H,30,34)(H,29,32,35)/t19-,20?,25-/m1/s1. The van der Waals surface area contributed by atoms with Crippen LogP contribution in [0.25, 0.3) is 0 Å². The molecule has 10 heteroatoms. The van der Waals surface area contributed by atoms with Crippen LogP contribution in [-0.4, -0.2) is 59.4 Å². The van der Waals surface area contributed by atoms with Gasteiger partial charge in [-0.15, -0.1) is 0 Å². The van der Waals surface area contributed by atoms with Crippen LogP contribution in [0.3, 0.4) is 0 Å². The summed E-state index contributed by atoms with van der Waals surface area (Å²) in [7, 11) is 0. The molecule has 36 heavy (non-hydrogen) atoms. The van der Waals surface area contributed by atoms with Crippen LogP contribution >= 0.6 is 0 Å². The summed E-state index contributed by atoms with van der Waals surface area (Å²) in [4.78, 5) is 61.2. The van der Waals surface area contributed by atoms with E-state index in [2.05, 4.69) is 21.3 Å². The first kappa shape index (κ1) is 33.5. The fourth-order valence-electron chi connectivity index (χ4n) is 3.50. The quantitative estimate of drug-likeness (QED) is 0.212. The van der Waals surface area contributed by atoms with Gasteiger partial charge in [0.1, 0.15) is 6.04 Å². The lowest BCUT2D eigenvalue weighted by molar-refractivity contribution is -0.133. The van der Waals surface area contributed by atoms with Gasteiger partial charge in [-0.1, -0.05) is 55.4 Å². The summed E-state index contributed by atoms with van der Waals surface area (Å²) in [5, 5.41) is 20.9. The van der Waals surface area contributed by atoms with Gasteiger partial charge in [-0.05, 0) is 36.5 Å². The van der Waals surface area contributed by atoms with Crippen LogP contribution in [-0.2, 0) is 24.0 Å². The molecule has 1 unspecified atom stereocenters. The number of carbonyl (C=O) groups is 5. The van der Waals surface area contributed by atoms with Gasteiger partial charge in [-0.3, -0.25) is 29.3 Å². The fourth-order valence-corrected chi connectivity index (χ4v) is 3.50. The van der Waals surface area contributed by atoms with E-state index < -0.39 is 48.4 Å². The van der Waals surface area contributed by atoms with Crippen molar-refractivity contribution in [2.75, 3.05) is 6.54 Å². The van der Waals surface area contributed by atoms with E-state index in [0.717, 1.165) is 0 Å². The summed E-state index contributed by atoms with van der Waals surface area (Å²) in [6.45, 7) is 14.9. The molecule has 0 radical (unpaired) electrons. The number of amides is 5. The summed E-state index contributed by atoms with van der Waals surface area (Å²) in [5.41, 5.74) is 0. The largest absolute Gasteiger partial charge is 0.390 e. The zero-order chi connectivity index (χ0) is 28.0. The minimum absolute atomic E-state index is 0.115. The lowest BCUT2D eigenvalue weighted by atomic mass is 9.95. The molecule has 0 aliphatic carbocycles. The van der Waals surface area contributed by atoms with Gasteiger partial charge in [-0.2, -0.15) is 0 Å². The number of nitrogens with one attached hydrogen (secondary N) is 4. The molecule has 0 spiro atoms. The number of hydrogen-bond acceptors (Lipinski definition) is 6. The molecule has 5 N–H and O–H groups in total. The van der Waals surface area contributed by atoms with E-state index in [-0.39, 0.29) is 36.5 Å². The molecule has 0 aliphatic rings. The van der Waals surface area contributed by atoms with E-state index in [1.54, 1.807) is 0 Å². The Morgan fingerprint density at radius 3 is 1.81 bits per heavy atom. The Morgan fingerprint density at radius 1 is 0.694 bits per heavy atom. The van der Waals surface area contributed by atoms with Crippen LogP contribution in [0.1, 0.15) is 87.5 Å². The number of imide groups is 1. The van der Waals surface area contributed by atoms with Gasteiger partial charge >= 0.3 is 0 Å². The molecule has 3 atom stereocenters. The predicted molar refractivity (Wildman–Crippen MR) is 138 cm³/mol. The zero-order valence-corrected chi connectivity index (χ0v) is 23.3. The number of hydrogen-bond donors (Lipinski definition) is 5. The van der Waals surface area contributed by atoms with Crippen molar-refractivity contribution in [1.29, 1.82) is 0 Å². The minimum Gasteiger partial charge on any atom is -0.390 e. The summed E-state index contributed by atoms with van der Waals surface area (Å²) < 4.78 is 0. The van der Waals surface area contributed by atoms with Crippen LogP contribution in [0.2, 0.25) is 0 Å². The number of rotatable bonds is 16. The smallest absolute Gasteiger partial charge is 0.245 e. The summed E-state index contributed by atoms with van der Waals surface area (Å²) in [5.74, 6) is -1.84. The number of aliphatic hydroxyl groups excluding tert-OH is 1. The van der Waals surface area contributed by atoms with Gasteiger partial charge < -0.3 is 21.1 Å². The van der Waals surface area contributed by atoms with Crippen molar-refractivity contribution in [1.82, 2.24) is 21.3 Å². The van der Waals surface area contributed by atoms with Crippen LogP contribution in [0.15, 0.2) is 0 Å². The monoisotopic (exact) mass is 512 g/mol. The first-order valence-electron chi connectivity index (χ1n) is 13.0. The van der Waals surface area contributed by atoms with E-state index >= 15 is 0 Å². The second-order valence-corrected chi connectivity index (χ2v) is 11.1. The molecule has 0 rings (SSSR count). The van der Waals surface area contributed by atoms with Crippen LogP contribution in [0, 0.1) is 23.7 Å². The number of carbonyl (C=O) groups excluding carboxylic acids is 5. The van der Waals surface area contributed by atoms with Crippen molar-refractivity contribution < 1.29 is 29.1 Å². The third-order valence-electron chi connectivity index (χ3n) is 5.44. The van der Waals surface area contributed by atoms with Gasteiger partial charge in [0.05, 0.1) is 25.1 Å². The van der Waals surface area contributed by atoms with Gasteiger partial charge in [0, 0.05) is 12.8 Å². The predicted octanol–water partition coefficient (Wildman–Crippen LogP) is 1.65. The van der Waals surface area contributed by atoms with Crippen molar-refractivity contribution in [2.24, 2.45) is 23.7 Å². The second-order valence-electron chi connectivity index (χ2n) is 11.1. The molecule has 10 nitrogen and oxygen atoms in total. The molecule has 5 amide bonds. The SMILES string of the molecule is CC(C)CCC(=O)NC(=O)CNC(=O)CC(O)[C@@H](CC(C)C)NC(=O)[C@H](NC(=O)CC(C)C)C(C)C. The molecule has 0 aromatic carbocycles. The molecular weight excluding hydrogens is 464 g/mol. The average molecular weight is 513 g/mol. The van der Waals surface area contributed by atoms with Crippen LogP contribution < -0.4 is 21.3 Å². The van der Waals surface area contributed by atoms with Crippen LogP contribution in [0.4, 0.5) is 0 Å². The highest BCUT2D eigenvalue weighted by Gasteiger charge is 2.30. The normalized spacial score (nSPS) is 13.9. The highest BCUT2D eigenvalue weighted by atomic mass is 16.3. The van der Waals surface area contributed by atoms with Crippen LogP contribution in [0.5, 0.6) is 0 Å². The molecule has 0 bridgehead atoms. The first-order valence-corrected chi connectivity index (χ1v) is 13.0. The first-order chi connectivity index (χ1) is 16.6. The van der Waals surface area contributed by atoms with E-state index in [0.29, 0.717) is 25.2 Å². The zero-order valence-electron chi connectivity index (χ0n) is 23.3. The van der Waals surface area contributed by atoms with E-state index in [1.807, 2.05) is 55.4 Å². The van der Waals surface area contributed by atoms with E-state index in [9.17, 15) is 29.1 Å². The summed E-state index contributed by atoms with van der Waals surface area (Å²) in [6, 6.07) is -1.50. The third kappa shape index (κ3) is 15.5. The van der Waals surface area contributed by atoms with Crippen molar-refractivity contribution in [3.8, 4) is 0 Å². The molecule has 0 heterocycles. The molecule has 0 aromatic rings. The van der Waals surface area contributed by atoms with E-state index in [4.69, 9.17) is 0 Å². The molecule has 0 saturated carbocycles. The van der Waals surface area contributed by atoms with Gasteiger partial charge in [0.15, 0.2) is 0 Å². The molecule has 0 aliphatic heterocycles. The third-order valence-corrected chi connectivity index (χ3v) is 5.44. The van der Waals surface area contributed by atoms with Crippen molar-refractivity contribution >= 4 is 29.5 Å². The lowest BCUT2D eigenvalue weighted by Crippen LogP contribution is -2.55. The minimum atomic E-state index is -1.20. The molecule has 0 saturated heterocycles. The average Bonchev–Trinajstić information content (AvgIpc) is 2.72. The molecule has 0 fully saturated rings. The van der Waals surface area contributed by atoms with Gasteiger partial charge in [0.25, 0.3) is 0 Å². The fraction of sp³-hybridized carbons (Fsp3) is 0.808. The Morgan fingerprint density at radius 2 is 1.31 bits per heavy atom. The lowest BCUT2D eigenvalue weighted by Gasteiger charge is -2.29. The van der Waals surface area contributed by atoms with Crippen molar-refractivity contribution in [3.63, 3.8) is 0 Å². The summed E-state index contributed by atoms with van der Waals surface area (Å²) >= 11 is 0. The molecule has 0 aromatic heterocycles. The summed E-state index contributed by atoms with van der Waals surface area (Å²) in [6.07, 6.45) is 0.0488. The molecule has 208 valence electrons. The highest BCUT2D eigenvalue weighted by Crippen LogP contribution is 2.13. The topological polar surface area (TPSA) is 154 Å². The Labute approximate surface area is 216 Å². The maximum atomic E-state index is 13.0.